The Morgan fingerprint density at radius 2 is 1.54 bits per heavy atom. The molecule has 0 saturated heterocycles. The summed E-state index contributed by atoms with van der Waals surface area (Å²) in [4.78, 5) is 11.7. The fraction of sp³-hybridized carbons (Fsp3) is 0.278. The molecular formula is C18H19FO5. The van der Waals surface area contributed by atoms with Crippen LogP contribution in [0.4, 0.5) is 4.39 Å². The lowest BCUT2D eigenvalue weighted by molar-refractivity contribution is -0.138. The van der Waals surface area contributed by atoms with E-state index in [4.69, 9.17) is 14.2 Å². The molecule has 0 amide bonds. The molecule has 0 aliphatic heterocycles. The van der Waals surface area contributed by atoms with Crippen LogP contribution in [0.2, 0.25) is 0 Å². The van der Waals surface area contributed by atoms with Gasteiger partial charge in [0.1, 0.15) is 11.6 Å². The van der Waals surface area contributed by atoms with Gasteiger partial charge < -0.3 is 19.3 Å². The maximum atomic E-state index is 13.1. The van der Waals surface area contributed by atoms with E-state index in [9.17, 15) is 14.3 Å². The number of aliphatic carboxylic acids is 1. The SMILES string of the molecule is COc1cc(OC)c(OC)cc1CC(C(=O)O)c1ccc(F)cc1. The third-order valence-electron chi connectivity index (χ3n) is 3.78. The van der Waals surface area contributed by atoms with E-state index < -0.39 is 17.7 Å². The van der Waals surface area contributed by atoms with Crippen LogP contribution in [0.3, 0.4) is 0 Å². The lowest BCUT2D eigenvalue weighted by atomic mass is 9.91. The van der Waals surface area contributed by atoms with Crippen LogP contribution in [0, 0.1) is 5.82 Å². The summed E-state index contributed by atoms with van der Waals surface area (Å²) in [6.07, 6.45) is 0.171. The van der Waals surface area contributed by atoms with Gasteiger partial charge in [-0.2, -0.15) is 0 Å². The molecule has 6 heteroatoms. The number of halogens is 1. The minimum atomic E-state index is -1.00. The number of methoxy groups -OCH3 is 3. The van der Waals surface area contributed by atoms with Gasteiger partial charge in [0.25, 0.3) is 0 Å². The van der Waals surface area contributed by atoms with Crippen LogP contribution >= 0.6 is 0 Å². The Labute approximate surface area is 139 Å². The predicted octanol–water partition coefficient (Wildman–Crippen LogP) is 3.26. The summed E-state index contributed by atoms with van der Waals surface area (Å²) in [7, 11) is 4.51. The number of benzene rings is 2. The van der Waals surface area contributed by atoms with Gasteiger partial charge in [-0.3, -0.25) is 4.79 Å². The van der Waals surface area contributed by atoms with Gasteiger partial charge in [-0.1, -0.05) is 12.1 Å². The molecular weight excluding hydrogens is 315 g/mol. The second-order valence-corrected chi connectivity index (χ2v) is 5.17. The van der Waals surface area contributed by atoms with Gasteiger partial charge in [0.15, 0.2) is 11.5 Å². The molecule has 0 aliphatic rings. The van der Waals surface area contributed by atoms with Crippen molar-refractivity contribution in [1.82, 2.24) is 0 Å². The first kappa shape index (κ1) is 17.6. The minimum absolute atomic E-state index is 0.171. The van der Waals surface area contributed by atoms with Crippen molar-refractivity contribution in [2.24, 2.45) is 0 Å². The fourth-order valence-corrected chi connectivity index (χ4v) is 2.51. The number of ether oxygens (including phenoxy) is 3. The molecule has 0 heterocycles. The van der Waals surface area contributed by atoms with E-state index in [1.807, 2.05) is 0 Å². The van der Waals surface area contributed by atoms with Crippen molar-refractivity contribution in [3.8, 4) is 17.2 Å². The standard InChI is InChI=1S/C18H19FO5/c1-22-15-10-17(24-3)16(23-2)9-12(15)8-14(18(20)21)11-4-6-13(19)7-5-11/h4-7,9-10,14H,8H2,1-3H3,(H,20,21). The van der Waals surface area contributed by atoms with Crippen molar-refractivity contribution in [3.05, 3.63) is 53.3 Å². The van der Waals surface area contributed by atoms with Crippen LogP contribution in [0.15, 0.2) is 36.4 Å². The second-order valence-electron chi connectivity index (χ2n) is 5.17. The van der Waals surface area contributed by atoms with E-state index in [0.717, 1.165) is 0 Å². The van der Waals surface area contributed by atoms with Crippen molar-refractivity contribution in [1.29, 1.82) is 0 Å². The molecule has 1 atom stereocenters. The van der Waals surface area contributed by atoms with E-state index in [0.29, 0.717) is 28.4 Å². The molecule has 0 aliphatic carbocycles. The first-order chi connectivity index (χ1) is 11.5. The van der Waals surface area contributed by atoms with Gasteiger partial charge in [0, 0.05) is 6.07 Å². The molecule has 0 bridgehead atoms. The first-order valence-electron chi connectivity index (χ1n) is 7.27. The third-order valence-corrected chi connectivity index (χ3v) is 3.78. The zero-order valence-electron chi connectivity index (χ0n) is 13.7. The Morgan fingerprint density at radius 3 is 2.04 bits per heavy atom. The quantitative estimate of drug-likeness (QED) is 0.842. The number of hydrogen-bond donors (Lipinski definition) is 1. The first-order valence-corrected chi connectivity index (χ1v) is 7.27. The normalized spacial score (nSPS) is 11.7. The van der Waals surface area contributed by atoms with E-state index in [1.54, 1.807) is 12.1 Å². The highest BCUT2D eigenvalue weighted by molar-refractivity contribution is 5.76. The molecule has 0 fully saturated rings. The monoisotopic (exact) mass is 334 g/mol. The molecule has 0 aromatic heterocycles. The van der Waals surface area contributed by atoms with Gasteiger partial charge in [0.2, 0.25) is 0 Å². The van der Waals surface area contributed by atoms with Gasteiger partial charge in [-0.25, -0.2) is 4.39 Å². The number of hydrogen-bond acceptors (Lipinski definition) is 4. The molecule has 24 heavy (non-hydrogen) atoms. The Morgan fingerprint density at radius 1 is 1.00 bits per heavy atom. The van der Waals surface area contributed by atoms with Crippen LogP contribution in [-0.2, 0) is 11.2 Å². The highest BCUT2D eigenvalue weighted by atomic mass is 19.1. The predicted molar refractivity (Wildman–Crippen MR) is 86.6 cm³/mol. The average molecular weight is 334 g/mol. The van der Waals surface area contributed by atoms with E-state index in [-0.39, 0.29) is 6.42 Å². The van der Waals surface area contributed by atoms with E-state index in [1.165, 1.54) is 45.6 Å². The van der Waals surface area contributed by atoms with Crippen LogP contribution in [0.5, 0.6) is 17.2 Å². The summed E-state index contributed by atoms with van der Waals surface area (Å²) in [6, 6.07) is 8.78. The molecule has 2 rings (SSSR count). The van der Waals surface area contributed by atoms with Crippen molar-refractivity contribution >= 4 is 5.97 Å². The van der Waals surface area contributed by atoms with Crippen molar-refractivity contribution < 1.29 is 28.5 Å². The summed E-state index contributed by atoms with van der Waals surface area (Å²) < 4.78 is 28.9. The Bertz CT molecular complexity index is 712. The topological polar surface area (TPSA) is 65.0 Å². The van der Waals surface area contributed by atoms with Crippen LogP contribution in [0.25, 0.3) is 0 Å². The zero-order valence-corrected chi connectivity index (χ0v) is 13.7. The Kier molecular flexibility index (Phi) is 5.63. The summed E-state index contributed by atoms with van der Waals surface area (Å²) in [5, 5.41) is 9.56. The average Bonchev–Trinajstić information content (AvgIpc) is 2.59. The largest absolute Gasteiger partial charge is 0.496 e. The summed E-state index contributed by atoms with van der Waals surface area (Å²) >= 11 is 0. The third kappa shape index (κ3) is 3.76. The van der Waals surface area contributed by atoms with Crippen LogP contribution < -0.4 is 14.2 Å². The minimum Gasteiger partial charge on any atom is -0.496 e. The van der Waals surface area contributed by atoms with Gasteiger partial charge >= 0.3 is 5.97 Å². The Hall–Kier alpha value is -2.76. The molecule has 5 nitrogen and oxygen atoms in total. The highest BCUT2D eigenvalue weighted by Crippen LogP contribution is 2.37. The summed E-state index contributed by atoms with van der Waals surface area (Å²) in [5.41, 5.74) is 1.17. The molecule has 2 aromatic carbocycles. The lowest BCUT2D eigenvalue weighted by Gasteiger charge is -2.17. The van der Waals surface area contributed by atoms with Crippen molar-refractivity contribution in [2.45, 2.75) is 12.3 Å². The molecule has 128 valence electrons. The van der Waals surface area contributed by atoms with Gasteiger partial charge in [-0.05, 0) is 35.7 Å². The van der Waals surface area contributed by atoms with Crippen molar-refractivity contribution in [3.63, 3.8) is 0 Å². The van der Waals surface area contributed by atoms with Crippen molar-refractivity contribution in [2.75, 3.05) is 21.3 Å². The fourth-order valence-electron chi connectivity index (χ4n) is 2.51. The highest BCUT2D eigenvalue weighted by Gasteiger charge is 2.23. The number of rotatable bonds is 7. The van der Waals surface area contributed by atoms with Gasteiger partial charge in [0.05, 0.1) is 27.2 Å². The zero-order chi connectivity index (χ0) is 17.7. The molecule has 2 aromatic rings. The Balaban J connectivity index is 2.42. The summed E-state index contributed by atoms with van der Waals surface area (Å²) in [5.74, 6) is -0.771. The smallest absolute Gasteiger partial charge is 0.311 e. The van der Waals surface area contributed by atoms with Gasteiger partial charge in [-0.15, -0.1) is 0 Å². The molecule has 0 saturated carbocycles. The molecule has 1 unspecified atom stereocenters. The molecule has 0 spiro atoms. The number of carbonyl (C=O) groups is 1. The second kappa shape index (κ2) is 7.68. The van der Waals surface area contributed by atoms with E-state index in [2.05, 4.69) is 0 Å². The number of carboxylic acids is 1. The van der Waals surface area contributed by atoms with Crippen LogP contribution in [0.1, 0.15) is 17.0 Å². The lowest BCUT2D eigenvalue weighted by Crippen LogP contribution is -2.15. The number of carboxylic acid groups (broad SMARTS) is 1. The maximum Gasteiger partial charge on any atom is 0.311 e. The van der Waals surface area contributed by atoms with E-state index >= 15 is 0 Å². The van der Waals surface area contributed by atoms with Crippen LogP contribution in [-0.4, -0.2) is 32.4 Å². The molecule has 1 N–H and O–H groups in total. The summed E-state index contributed by atoms with van der Waals surface area (Å²) in [6.45, 7) is 0. The molecule has 0 radical (unpaired) electrons. The maximum absolute atomic E-state index is 13.1.